The zero-order chi connectivity index (χ0) is 21.3. The first-order valence-electron chi connectivity index (χ1n) is 9.89. The lowest BCUT2D eigenvalue weighted by Crippen LogP contribution is -2.38. The zero-order valence-electron chi connectivity index (χ0n) is 16.6. The van der Waals surface area contributed by atoms with Gasteiger partial charge in [0.2, 0.25) is 10.0 Å². The molecule has 2 aromatic carbocycles. The highest BCUT2D eigenvalue weighted by molar-refractivity contribution is 7.89. The van der Waals surface area contributed by atoms with Crippen LogP contribution in [0.1, 0.15) is 30.1 Å². The van der Waals surface area contributed by atoms with Gasteiger partial charge in [0.15, 0.2) is 6.61 Å². The lowest BCUT2D eigenvalue weighted by molar-refractivity contribution is -0.121. The van der Waals surface area contributed by atoms with Crippen molar-refractivity contribution in [3.63, 3.8) is 0 Å². The van der Waals surface area contributed by atoms with E-state index in [0.29, 0.717) is 42.3 Å². The molecule has 8 nitrogen and oxygen atoms in total. The molecule has 0 spiro atoms. The second kappa shape index (κ2) is 8.08. The van der Waals surface area contributed by atoms with Crippen molar-refractivity contribution < 1.29 is 22.7 Å². The summed E-state index contributed by atoms with van der Waals surface area (Å²) in [5.41, 5.74) is 1.54. The third kappa shape index (κ3) is 3.78. The quantitative estimate of drug-likeness (QED) is 0.788. The zero-order valence-corrected chi connectivity index (χ0v) is 17.4. The van der Waals surface area contributed by atoms with Crippen molar-refractivity contribution in [3.05, 3.63) is 48.0 Å². The minimum absolute atomic E-state index is 0.0365. The molecule has 1 saturated heterocycles. The van der Waals surface area contributed by atoms with Crippen molar-refractivity contribution in [2.75, 3.05) is 36.5 Å². The molecule has 0 aliphatic carbocycles. The molecular weight excluding hydrogens is 406 g/mol. The van der Waals surface area contributed by atoms with Crippen LogP contribution in [0.15, 0.2) is 47.4 Å². The van der Waals surface area contributed by atoms with E-state index in [0.717, 1.165) is 12.8 Å². The highest BCUT2D eigenvalue weighted by Crippen LogP contribution is 2.34. The summed E-state index contributed by atoms with van der Waals surface area (Å²) in [6.07, 6.45) is 1.74. The minimum atomic E-state index is -3.51. The smallest absolute Gasteiger partial charge is 0.265 e. The van der Waals surface area contributed by atoms with E-state index in [1.807, 2.05) is 6.92 Å². The number of nitrogens with zero attached hydrogens (tertiary/aromatic N) is 2. The molecule has 0 atom stereocenters. The number of carbonyl (C=O) groups excluding carboxylic acids is 2. The molecule has 30 heavy (non-hydrogen) atoms. The predicted octanol–water partition coefficient (Wildman–Crippen LogP) is 2.47. The molecule has 9 heteroatoms. The molecule has 4 rings (SSSR count). The maximum Gasteiger partial charge on any atom is 0.265 e. The Morgan fingerprint density at radius 1 is 1.10 bits per heavy atom. The van der Waals surface area contributed by atoms with E-state index in [-0.39, 0.29) is 23.3 Å². The van der Waals surface area contributed by atoms with Gasteiger partial charge in [-0.2, -0.15) is 4.31 Å². The SMILES string of the molecule is CCN1C(=O)COc2cc(NC(=O)c3ccc(S(=O)(=O)N4CCCC4)cc3)ccc21. The number of likely N-dealkylation sites (N-methyl/N-ethyl adjacent to an activating group) is 1. The molecule has 2 aliphatic heterocycles. The van der Waals surface area contributed by atoms with Crippen LogP contribution in [-0.2, 0) is 14.8 Å². The van der Waals surface area contributed by atoms with E-state index >= 15 is 0 Å². The number of hydrogen-bond acceptors (Lipinski definition) is 5. The number of fused-ring (bicyclic) bond motifs is 1. The maximum atomic E-state index is 12.6. The fraction of sp³-hybridized carbons (Fsp3) is 0.333. The molecule has 1 N–H and O–H groups in total. The Kier molecular flexibility index (Phi) is 5.48. The van der Waals surface area contributed by atoms with Crippen molar-refractivity contribution in [1.29, 1.82) is 0 Å². The number of anilines is 2. The maximum absolute atomic E-state index is 12.6. The molecular formula is C21H23N3O5S. The van der Waals surface area contributed by atoms with Gasteiger partial charge >= 0.3 is 0 Å². The monoisotopic (exact) mass is 429 g/mol. The van der Waals surface area contributed by atoms with Crippen LogP contribution in [0.25, 0.3) is 0 Å². The summed E-state index contributed by atoms with van der Waals surface area (Å²) in [6.45, 7) is 3.45. The minimum Gasteiger partial charge on any atom is -0.481 e. The van der Waals surface area contributed by atoms with Crippen molar-refractivity contribution in [1.82, 2.24) is 4.31 Å². The lowest BCUT2D eigenvalue weighted by atomic mass is 10.2. The number of ether oxygens (including phenoxy) is 1. The van der Waals surface area contributed by atoms with Gasteiger partial charge in [0, 0.05) is 37.0 Å². The van der Waals surface area contributed by atoms with Gasteiger partial charge < -0.3 is 15.0 Å². The Balaban J connectivity index is 1.49. The first-order chi connectivity index (χ1) is 14.4. The molecule has 0 aromatic heterocycles. The van der Waals surface area contributed by atoms with E-state index in [1.165, 1.54) is 28.6 Å². The van der Waals surface area contributed by atoms with Gasteiger partial charge in [-0.05, 0) is 56.2 Å². The standard InChI is InChI=1S/C21H23N3O5S/c1-2-24-18-10-7-16(13-19(18)29-14-20(24)25)22-21(26)15-5-8-17(9-6-15)30(27,28)23-11-3-4-12-23/h5-10,13H,2-4,11-12,14H2,1H3,(H,22,26). The van der Waals surface area contributed by atoms with Gasteiger partial charge in [0.25, 0.3) is 11.8 Å². The summed E-state index contributed by atoms with van der Waals surface area (Å²) >= 11 is 0. The van der Waals surface area contributed by atoms with Crippen molar-refractivity contribution in [2.24, 2.45) is 0 Å². The number of sulfonamides is 1. The highest BCUT2D eigenvalue weighted by Gasteiger charge is 2.27. The first kappa shape index (κ1) is 20.4. The fourth-order valence-corrected chi connectivity index (χ4v) is 5.21. The molecule has 0 bridgehead atoms. The van der Waals surface area contributed by atoms with Gasteiger partial charge in [0.1, 0.15) is 5.75 Å². The second-order valence-corrected chi connectivity index (χ2v) is 9.14. The van der Waals surface area contributed by atoms with Crippen LogP contribution in [0.5, 0.6) is 5.75 Å². The summed E-state index contributed by atoms with van der Waals surface area (Å²) < 4.78 is 32.2. The Hall–Kier alpha value is -2.91. The average Bonchev–Trinajstić information content (AvgIpc) is 3.30. The number of amides is 2. The molecule has 2 amide bonds. The molecule has 2 aromatic rings. The normalized spacial score (nSPS) is 16.8. The van der Waals surface area contributed by atoms with Crippen LogP contribution in [0.4, 0.5) is 11.4 Å². The van der Waals surface area contributed by atoms with E-state index < -0.39 is 10.0 Å². The molecule has 0 unspecified atom stereocenters. The van der Waals surface area contributed by atoms with Gasteiger partial charge in [-0.1, -0.05) is 0 Å². The van der Waals surface area contributed by atoms with Gasteiger partial charge in [-0.15, -0.1) is 0 Å². The summed E-state index contributed by atoms with van der Waals surface area (Å²) in [7, 11) is -3.51. The highest BCUT2D eigenvalue weighted by atomic mass is 32.2. The first-order valence-corrected chi connectivity index (χ1v) is 11.3. The Bertz CT molecular complexity index is 1080. The fourth-order valence-electron chi connectivity index (χ4n) is 3.69. The summed E-state index contributed by atoms with van der Waals surface area (Å²) in [5.74, 6) is 0.0615. The molecule has 1 fully saturated rings. The number of carbonyl (C=O) groups is 2. The van der Waals surface area contributed by atoms with Gasteiger partial charge in [-0.3, -0.25) is 9.59 Å². The van der Waals surface area contributed by atoms with Crippen LogP contribution in [0.2, 0.25) is 0 Å². The largest absolute Gasteiger partial charge is 0.481 e. The number of benzene rings is 2. The Morgan fingerprint density at radius 3 is 2.47 bits per heavy atom. The molecule has 158 valence electrons. The summed E-state index contributed by atoms with van der Waals surface area (Å²) in [6, 6.07) is 11.0. The van der Waals surface area contributed by atoms with Crippen LogP contribution in [0, 0.1) is 0 Å². The van der Waals surface area contributed by atoms with Crippen LogP contribution >= 0.6 is 0 Å². The molecule has 2 heterocycles. The number of rotatable bonds is 5. The lowest BCUT2D eigenvalue weighted by Gasteiger charge is -2.28. The van der Waals surface area contributed by atoms with Crippen LogP contribution in [0.3, 0.4) is 0 Å². The Labute approximate surface area is 175 Å². The second-order valence-electron chi connectivity index (χ2n) is 7.20. The molecule has 2 aliphatic rings. The third-order valence-corrected chi connectivity index (χ3v) is 7.21. The van der Waals surface area contributed by atoms with Crippen molar-refractivity contribution in [3.8, 4) is 5.75 Å². The van der Waals surface area contributed by atoms with Crippen molar-refractivity contribution >= 4 is 33.2 Å². The van der Waals surface area contributed by atoms with E-state index in [2.05, 4.69) is 5.32 Å². The topological polar surface area (TPSA) is 96.0 Å². The number of hydrogen-bond donors (Lipinski definition) is 1. The van der Waals surface area contributed by atoms with E-state index in [9.17, 15) is 18.0 Å². The van der Waals surface area contributed by atoms with Crippen LogP contribution < -0.4 is 15.0 Å². The van der Waals surface area contributed by atoms with Gasteiger partial charge in [0.05, 0.1) is 10.6 Å². The third-order valence-electron chi connectivity index (χ3n) is 5.30. The molecule has 0 radical (unpaired) electrons. The van der Waals surface area contributed by atoms with Crippen LogP contribution in [-0.4, -0.2) is 50.8 Å². The summed E-state index contributed by atoms with van der Waals surface area (Å²) in [4.78, 5) is 26.3. The predicted molar refractivity (Wildman–Crippen MR) is 112 cm³/mol. The number of nitrogens with one attached hydrogen (secondary N) is 1. The van der Waals surface area contributed by atoms with Gasteiger partial charge in [-0.25, -0.2) is 8.42 Å². The Morgan fingerprint density at radius 2 is 1.80 bits per heavy atom. The average molecular weight is 429 g/mol. The van der Waals surface area contributed by atoms with E-state index in [1.54, 1.807) is 23.1 Å². The van der Waals surface area contributed by atoms with E-state index in [4.69, 9.17) is 4.74 Å². The van der Waals surface area contributed by atoms with Crippen molar-refractivity contribution in [2.45, 2.75) is 24.7 Å². The molecule has 0 saturated carbocycles. The summed E-state index contributed by atoms with van der Waals surface area (Å²) in [5, 5.41) is 2.78.